The summed E-state index contributed by atoms with van der Waals surface area (Å²) in [4.78, 5) is 28.2. The van der Waals surface area contributed by atoms with Gasteiger partial charge in [0.15, 0.2) is 17.2 Å². The lowest BCUT2D eigenvalue weighted by atomic mass is 10.2. The molecule has 0 fully saturated rings. The number of phenols is 3. The van der Waals surface area contributed by atoms with E-state index in [4.69, 9.17) is 0 Å². The van der Waals surface area contributed by atoms with Crippen LogP contribution in [0.2, 0.25) is 0 Å². The van der Waals surface area contributed by atoms with Gasteiger partial charge in [-0.1, -0.05) is 0 Å². The summed E-state index contributed by atoms with van der Waals surface area (Å²) in [5.41, 5.74) is 1.31. The van der Waals surface area contributed by atoms with Gasteiger partial charge in [0.2, 0.25) is 0 Å². The summed E-state index contributed by atoms with van der Waals surface area (Å²) >= 11 is 0. The third kappa shape index (κ3) is 2.88. The second-order valence-electron chi connectivity index (χ2n) is 4.78. The Morgan fingerprint density at radius 3 is 2.17 bits per heavy atom. The second kappa shape index (κ2) is 5.30. The van der Waals surface area contributed by atoms with E-state index in [0.717, 1.165) is 12.1 Å². The van der Waals surface area contributed by atoms with Crippen molar-refractivity contribution in [3.63, 3.8) is 0 Å². The van der Waals surface area contributed by atoms with Crippen LogP contribution in [0.4, 0.5) is 16.2 Å². The Hall–Kier alpha value is -3.62. The number of H-pyrrole nitrogens is 2. The molecule has 0 saturated heterocycles. The van der Waals surface area contributed by atoms with Gasteiger partial charge in [-0.05, 0) is 18.2 Å². The predicted molar refractivity (Wildman–Crippen MR) is 83.0 cm³/mol. The highest BCUT2D eigenvalue weighted by Crippen LogP contribution is 2.37. The summed E-state index contributed by atoms with van der Waals surface area (Å²) < 4.78 is 0. The largest absolute Gasteiger partial charge is 0.504 e. The van der Waals surface area contributed by atoms with Crippen LogP contribution in [0, 0.1) is 0 Å². The second-order valence-corrected chi connectivity index (χ2v) is 4.78. The molecule has 0 unspecified atom stereocenters. The maximum Gasteiger partial charge on any atom is 0.323 e. The van der Waals surface area contributed by atoms with Crippen molar-refractivity contribution in [3.8, 4) is 17.2 Å². The molecule has 3 aromatic rings. The summed E-state index contributed by atoms with van der Waals surface area (Å²) in [5, 5.41) is 32.9. The standard InChI is InChI=1S/C14H12N4O5/c19-10-4-7(5-11(20)12(10)21)16-13(22)15-6-1-2-8-9(3-6)18-14(23)17-8/h1-5,19-21H,(H2,15,16,22)(H2,17,18,23). The highest BCUT2D eigenvalue weighted by molar-refractivity contribution is 6.01. The number of rotatable bonds is 2. The van der Waals surface area contributed by atoms with Crippen LogP contribution in [-0.2, 0) is 0 Å². The Morgan fingerprint density at radius 1 is 0.870 bits per heavy atom. The minimum Gasteiger partial charge on any atom is -0.504 e. The number of aromatic amines is 2. The van der Waals surface area contributed by atoms with E-state index in [1.54, 1.807) is 18.2 Å². The van der Waals surface area contributed by atoms with Gasteiger partial charge in [-0.2, -0.15) is 0 Å². The zero-order chi connectivity index (χ0) is 16.6. The highest BCUT2D eigenvalue weighted by atomic mass is 16.3. The Kier molecular flexibility index (Phi) is 3.30. The zero-order valence-corrected chi connectivity index (χ0v) is 11.5. The fourth-order valence-corrected chi connectivity index (χ4v) is 2.08. The molecule has 9 nitrogen and oxygen atoms in total. The number of hydrogen-bond donors (Lipinski definition) is 7. The van der Waals surface area contributed by atoms with Crippen LogP contribution in [0.5, 0.6) is 17.2 Å². The van der Waals surface area contributed by atoms with Crippen LogP contribution in [0.3, 0.4) is 0 Å². The van der Waals surface area contributed by atoms with E-state index < -0.39 is 23.3 Å². The summed E-state index contributed by atoms with van der Waals surface area (Å²) in [6.07, 6.45) is 0. The van der Waals surface area contributed by atoms with E-state index in [1.807, 2.05) is 0 Å². The van der Waals surface area contributed by atoms with Crippen molar-refractivity contribution < 1.29 is 20.1 Å². The fraction of sp³-hybridized carbons (Fsp3) is 0. The number of benzene rings is 2. The van der Waals surface area contributed by atoms with Gasteiger partial charge in [0.05, 0.1) is 16.7 Å². The molecule has 7 N–H and O–H groups in total. The molecule has 0 bridgehead atoms. The number of hydrogen-bond acceptors (Lipinski definition) is 5. The van der Waals surface area contributed by atoms with Crippen molar-refractivity contribution in [1.82, 2.24) is 9.97 Å². The molecular formula is C14H12N4O5. The molecule has 23 heavy (non-hydrogen) atoms. The first-order valence-electron chi connectivity index (χ1n) is 6.47. The normalized spacial score (nSPS) is 10.6. The molecule has 2 amide bonds. The minimum atomic E-state index is -0.669. The van der Waals surface area contributed by atoms with Crippen molar-refractivity contribution in [3.05, 3.63) is 40.8 Å². The SMILES string of the molecule is O=C(Nc1cc(O)c(O)c(O)c1)Nc1ccc2[nH]c(=O)[nH]c2c1. The first-order valence-corrected chi connectivity index (χ1v) is 6.47. The smallest absolute Gasteiger partial charge is 0.323 e. The number of imidazole rings is 1. The molecule has 0 atom stereocenters. The first kappa shape index (κ1) is 14.3. The van der Waals surface area contributed by atoms with Gasteiger partial charge in [-0.15, -0.1) is 0 Å². The number of phenolic OH excluding ortho intramolecular Hbond substituents is 3. The van der Waals surface area contributed by atoms with Gasteiger partial charge in [0, 0.05) is 17.8 Å². The third-order valence-electron chi connectivity index (χ3n) is 3.10. The molecular weight excluding hydrogens is 304 g/mol. The Bertz CT molecular complexity index is 936. The van der Waals surface area contributed by atoms with E-state index in [9.17, 15) is 24.9 Å². The molecule has 0 aliphatic heterocycles. The molecule has 9 heteroatoms. The molecule has 3 rings (SSSR count). The highest BCUT2D eigenvalue weighted by Gasteiger charge is 2.10. The van der Waals surface area contributed by atoms with E-state index in [-0.39, 0.29) is 11.4 Å². The number of carbonyl (C=O) groups is 1. The van der Waals surface area contributed by atoms with Crippen molar-refractivity contribution in [1.29, 1.82) is 0 Å². The summed E-state index contributed by atoms with van der Waals surface area (Å²) in [7, 11) is 0. The summed E-state index contributed by atoms with van der Waals surface area (Å²) in [5.74, 6) is -1.80. The quantitative estimate of drug-likeness (QED) is 0.283. The average Bonchev–Trinajstić information content (AvgIpc) is 2.83. The van der Waals surface area contributed by atoms with E-state index in [0.29, 0.717) is 16.7 Å². The van der Waals surface area contributed by atoms with Crippen LogP contribution in [-0.4, -0.2) is 31.3 Å². The average molecular weight is 316 g/mol. The minimum absolute atomic E-state index is 0.0893. The van der Waals surface area contributed by atoms with E-state index in [1.165, 1.54) is 0 Å². The maximum atomic E-state index is 11.9. The van der Waals surface area contributed by atoms with Gasteiger partial charge < -0.3 is 35.9 Å². The molecule has 0 aliphatic carbocycles. The number of amides is 2. The Morgan fingerprint density at radius 2 is 1.48 bits per heavy atom. The monoisotopic (exact) mass is 316 g/mol. The number of carbonyl (C=O) groups excluding carboxylic acids is 1. The molecule has 1 heterocycles. The maximum absolute atomic E-state index is 11.9. The van der Waals surface area contributed by atoms with Crippen molar-refractivity contribution in [2.75, 3.05) is 10.6 Å². The van der Waals surface area contributed by atoms with Gasteiger partial charge in [-0.3, -0.25) is 0 Å². The van der Waals surface area contributed by atoms with Crippen LogP contribution in [0.25, 0.3) is 11.0 Å². The lowest BCUT2D eigenvalue weighted by molar-refractivity contribution is 0.262. The van der Waals surface area contributed by atoms with Crippen molar-refractivity contribution >= 4 is 28.4 Å². The van der Waals surface area contributed by atoms with Gasteiger partial charge in [0.25, 0.3) is 0 Å². The summed E-state index contributed by atoms with van der Waals surface area (Å²) in [6.45, 7) is 0. The lowest BCUT2D eigenvalue weighted by Crippen LogP contribution is -2.19. The molecule has 118 valence electrons. The van der Waals surface area contributed by atoms with Crippen LogP contribution >= 0.6 is 0 Å². The van der Waals surface area contributed by atoms with E-state index >= 15 is 0 Å². The van der Waals surface area contributed by atoms with Gasteiger partial charge in [0.1, 0.15) is 0 Å². The van der Waals surface area contributed by atoms with Gasteiger partial charge in [-0.25, -0.2) is 9.59 Å². The Balaban J connectivity index is 1.76. The molecule has 0 saturated carbocycles. The molecule has 0 aliphatic rings. The topological polar surface area (TPSA) is 150 Å². The van der Waals surface area contributed by atoms with Crippen LogP contribution in [0.1, 0.15) is 0 Å². The first-order chi connectivity index (χ1) is 10.9. The number of nitrogens with one attached hydrogen (secondary N) is 4. The molecule has 2 aromatic carbocycles. The van der Waals surface area contributed by atoms with Crippen LogP contribution in [0.15, 0.2) is 35.1 Å². The number of aromatic nitrogens is 2. The third-order valence-corrected chi connectivity index (χ3v) is 3.10. The number of urea groups is 1. The zero-order valence-electron chi connectivity index (χ0n) is 11.5. The predicted octanol–water partition coefficient (Wildman–Crippen LogP) is 1.62. The van der Waals surface area contributed by atoms with Crippen LogP contribution < -0.4 is 16.3 Å². The Labute approximate surface area is 128 Å². The molecule has 0 radical (unpaired) electrons. The van der Waals surface area contributed by atoms with Crippen molar-refractivity contribution in [2.24, 2.45) is 0 Å². The van der Waals surface area contributed by atoms with E-state index in [2.05, 4.69) is 20.6 Å². The number of anilines is 2. The van der Waals surface area contributed by atoms with Gasteiger partial charge >= 0.3 is 11.7 Å². The number of fused-ring (bicyclic) bond motifs is 1. The lowest BCUT2D eigenvalue weighted by Gasteiger charge is -2.09. The molecule has 0 spiro atoms. The van der Waals surface area contributed by atoms with Crippen molar-refractivity contribution in [2.45, 2.75) is 0 Å². The fourth-order valence-electron chi connectivity index (χ4n) is 2.08. The number of aromatic hydroxyl groups is 3. The molecule has 1 aromatic heterocycles. The summed E-state index contributed by atoms with van der Waals surface area (Å²) in [6, 6.07) is 6.33.